The molecule has 3 rings (SSSR count). The van der Waals surface area contributed by atoms with Crippen LogP contribution in [0.1, 0.15) is 49.2 Å². The number of thiophene rings is 1. The van der Waals surface area contributed by atoms with Crippen molar-refractivity contribution in [2.24, 2.45) is 5.41 Å². The molecule has 0 spiro atoms. The lowest BCUT2D eigenvalue weighted by Gasteiger charge is -2.34. The number of carbonyl (C=O) groups is 1. The number of amides is 1. The van der Waals surface area contributed by atoms with E-state index in [-0.39, 0.29) is 11.9 Å². The van der Waals surface area contributed by atoms with Crippen LogP contribution in [0.25, 0.3) is 10.2 Å². The Balaban J connectivity index is 1.74. The maximum absolute atomic E-state index is 12.4. The second kappa shape index (κ2) is 5.26. The Morgan fingerprint density at radius 2 is 2.14 bits per heavy atom. The maximum atomic E-state index is 12.4. The third-order valence-electron chi connectivity index (χ3n) is 4.30. The first-order valence-electron chi connectivity index (χ1n) is 7.27. The van der Waals surface area contributed by atoms with Gasteiger partial charge in [-0.05, 0) is 37.2 Å². The van der Waals surface area contributed by atoms with Gasteiger partial charge in [0.25, 0.3) is 5.91 Å². The molecule has 0 aliphatic heterocycles. The molecule has 0 atom stereocenters. The van der Waals surface area contributed by atoms with E-state index in [1.807, 2.05) is 0 Å². The minimum Gasteiger partial charge on any atom is -0.397 e. The van der Waals surface area contributed by atoms with E-state index >= 15 is 0 Å². The Bertz CT molecular complexity index is 669. The summed E-state index contributed by atoms with van der Waals surface area (Å²) >= 11 is 1.31. The van der Waals surface area contributed by atoms with E-state index < -0.39 is 0 Å². The monoisotopic (exact) mass is 304 g/mol. The molecule has 3 N–H and O–H groups in total. The Morgan fingerprint density at radius 1 is 1.43 bits per heavy atom. The second-order valence-corrected chi connectivity index (χ2v) is 7.51. The van der Waals surface area contributed by atoms with Crippen LogP contribution in [-0.2, 0) is 0 Å². The van der Waals surface area contributed by atoms with E-state index in [1.165, 1.54) is 11.3 Å². The predicted molar refractivity (Wildman–Crippen MR) is 85.3 cm³/mol. The molecule has 5 nitrogen and oxygen atoms in total. The molecule has 21 heavy (non-hydrogen) atoms. The van der Waals surface area contributed by atoms with Crippen LogP contribution in [-0.4, -0.2) is 22.1 Å². The summed E-state index contributed by atoms with van der Waals surface area (Å²) in [5.41, 5.74) is 6.98. The molecule has 0 saturated heterocycles. The molecule has 6 heteroatoms. The third kappa shape index (κ3) is 2.85. The molecule has 1 amide bonds. The van der Waals surface area contributed by atoms with Crippen molar-refractivity contribution < 1.29 is 4.79 Å². The van der Waals surface area contributed by atoms with Crippen molar-refractivity contribution in [1.29, 1.82) is 0 Å². The van der Waals surface area contributed by atoms with E-state index in [0.29, 0.717) is 20.8 Å². The van der Waals surface area contributed by atoms with Crippen LogP contribution in [0, 0.1) is 5.41 Å². The number of anilines is 1. The standard InChI is InChI=1S/C15H20N4OS/c1-15(2)6-3-9(4-7-15)18-13(20)12-11(16)10-5-8-17-19-14(10)21-12/h5,8-9H,3-4,6-7,16H2,1-2H3,(H,18,20). The largest absolute Gasteiger partial charge is 0.397 e. The molecule has 1 aliphatic rings. The highest BCUT2D eigenvalue weighted by molar-refractivity contribution is 7.21. The fraction of sp³-hybridized carbons (Fsp3) is 0.533. The fourth-order valence-electron chi connectivity index (χ4n) is 2.84. The smallest absolute Gasteiger partial charge is 0.263 e. The van der Waals surface area contributed by atoms with Crippen molar-refractivity contribution >= 4 is 33.1 Å². The van der Waals surface area contributed by atoms with Gasteiger partial charge in [0.2, 0.25) is 0 Å². The van der Waals surface area contributed by atoms with Crippen molar-refractivity contribution in [3.8, 4) is 0 Å². The Morgan fingerprint density at radius 3 is 2.81 bits per heavy atom. The summed E-state index contributed by atoms with van der Waals surface area (Å²) in [6.45, 7) is 4.57. The van der Waals surface area contributed by atoms with Gasteiger partial charge in [-0.3, -0.25) is 4.79 Å². The topological polar surface area (TPSA) is 80.9 Å². The molecule has 0 aromatic carbocycles. The summed E-state index contributed by atoms with van der Waals surface area (Å²) in [6.07, 6.45) is 5.94. The molecule has 2 aromatic heterocycles. The zero-order chi connectivity index (χ0) is 15.0. The average Bonchev–Trinajstić information content (AvgIpc) is 2.79. The van der Waals surface area contributed by atoms with E-state index in [4.69, 9.17) is 5.73 Å². The summed E-state index contributed by atoms with van der Waals surface area (Å²) in [6, 6.07) is 2.05. The number of nitrogens with two attached hydrogens (primary N) is 1. The van der Waals surface area contributed by atoms with Gasteiger partial charge in [0.1, 0.15) is 9.71 Å². The number of aromatic nitrogens is 2. The van der Waals surface area contributed by atoms with Crippen molar-refractivity contribution in [1.82, 2.24) is 15.5 Å². The highest BCUT2D eigenvalue weighted by Gasteiger charge is 2.28. The number of nitrogens with zero attached hydrogens (tertiary/aromatic N) is 2. The first-order valence-corrected chi connectivity index (χ1v) is 8.08. The molecule has 1 saturated carbocycles. The Labute approximate surface area is 127 Å². The van der Waals surface area contributed by atoms with Gasteiger partial charge in [-0.25, -0.2) is 0 Å². The molecule has 112 valence electrons. The van der Waals surface area contributed by atoms with Crippen LogP contribution >= 0.6 is 11.3 Å². The Hall–Kier alpha value is -1.69. The lowest BCUT2D eigenvalue weighted by atomic mass is 9.75. The van der Waals surface area contributed by atoms with Crippen molar-refractivity contribution in [2.75, 3.05) is 5.73 Å². The van der Waals surface area contributed by atoms with E-state index in [0.717, 1.165) is 31.1 Å². The number of hydrogen-bond donors (Lipinski definition) is 2. The predicted octanol–water partition coefficient (Wildman–Crippen LogP) is 2.97. The van der Waals surface area contributed by atoms with Crippen LogP contribution < -0.4 is 11.1 Å². The van der Waals surface area contributed by atoms with Gasteiger partial charge in [0.05, 0.1) is 11.9 Å². The van der Waals surface area contributed by atoms with Crippen molar-refractivity contribution in [2.45, 2.75) is 45.6 Å². The zero-order valence-electron chi connectivity index (χ0n) is 12.3. The number of hydrogen-bond acceptors (Lipinski definition) is 5. The number of fused-ring (bicyclic) bond motifs is 1. The number of carbonyl (C=O) groups excluding carboxylic acids is 1. The van der Waals surface area contributed by atoms with Gasteiger partial charge in [-0.2, -0.15) is 5.10 Å². The maximum Gasteiger partial charge on any atom is 0.263 e. The molecule has 1 aliphatic carbocycles. The minimum absolute atomic E-state index is 0.0831. The molecular formula is C15H20N4OS. The van der Waals surface area contributed by atoms with Gasteiger partial charge in [-0.15, -0.1) is 16.4 Å². The number of nitrogens with one attached hydrogen (secondary N) is 1. The normalized spacial score (nSPS) is 18.8. The van der Waals surface area contributed by atoms with Crippen LogP contribution in [0.5, 0.6) is 0 Å². The first kappa shape index (κ1) is 14.3. The lowest BCUT2D eigenvalue weighted by molar-refractivity contribution is 0.0914. The summed E-state index contributed by atoms with van der Waals surface area (Å²) in [4.78, 5) is 13.7. The summed E-state index contributed by atoms with van der Waals surface area (Å²) in [7, 11) is 0. The van der Waals surface area contributed by atoms with Gasteiger partial charge in [0.15, 0.2) is 0 Å². The van der Waals surface area contributed by atoms with Gasteiger partial charge in [-0.1, -0.05) is 13.8 Å². The Kier molecular flexibility index (Phi) is 3.57. The molecule has 0 bridgehead atoms. The minimum atomic E-state index is -0.0831. The molecular weight excluding hydrogens is 284 g/mol. The fourth-order valence-corrected chi connectivity index (χ4v) is 3.78. The highest BCUT2D eigenvalue weighted by Crippen LogP contribution is 2.36. The van der Waals surface area contributed by atoms with Crippen LogP contribution in [0.15, 0.2) is 12.3 Å². The molecule has 0 radical (unpaired) electrons. The quantitative estimate of drug-likeness (QED) is 0.893. The van der Waals surface area contributed by atoms with Crippen LogP contribution in [0.3, 0.4) is 0 Å². The summed E-state index contributed by atoms with van der Waals surface area (Å²) in [5, 5.41) is 11.8. The summed E-state index contributed by atoms with van der Waals surface area (Å²) in [5.74, 6) is -0.0831. The van der Waals surface area contributed by atoms with Crippen molar-refractivity contribution in [3.05, 3.63) is 17.1 Å². The number of nitrogen functional groups attached to an aromatic ring is 1. The average molecular weight is 304 g/mol. The molecule has 0 unspecified atom stereocenters. The van der Waals surface area contributed by atoms with E-state index in [1.54, 1.807) is 12.3 Å². The van der Waals surface area contributed by atoms with E-state index in [9.17, 15) is 4.79 Å². The SMILES string of the molecule is CC1(C)CCC(NC(=O)c2sc3nnccc3c2N)CC1. The molecule has 2 heterocycles. The lowest BCUT2D eigenvalue weighted by Crippen LogP contribution is -2.39. The van der Waals surface area contributed by atoms with Crippen LogP contribution in [0.4, 0.5) is 5.69 Å². The third-order valence-corrected chi connectivity index (χ3v) is 5.41. The van der Waals surface area contributed by atoms with Crippen LogP contribution in [0.2, 0.25) is 0 Å². The molecule has 2 aromatic rings. The van der Waals surface area contributed by atoms with Gasteiger partial charge in [0, 0.05) is 11.4 Å². The van der Waals surface area contributed by atoms with Gasteiger partial charge < -0.3 is 11.1 Å². The summed E-state index contributed by atoms with van der Waals surface area (Å²) < 4.78 is 0. The molecule has 1 fully saturated rings. The van der Waals surface area contributed by atoms with Crippen molar-refractivity contribution in [3.63, 3.8) is 0 Å². The number of rotatable bonds is 2. The zero-order valence-corrected chi connectivity index (χ0v) is 13.2. The van der Waals surface area contributed by atoms with Gasteiger partial charge >= 0.3 is 0 Å². The second-order valence-electron chi connectivity index (χ2n) is 6.51. The van der Waals surface area contributed by atoms with E-state index in [2.05, 4.69) is 29.4 Å². The first-order chi connectivity index (χ1) is 9.96. The highest BCUT2D eigenvalue weighted by atomic mass is 32.1.